The zero-order chi connectivity index (χ0) is 57.6. The largest absolute Gasteiger partial charge is 0.508 e. The van der Waals surface area contributed by atoms with E-state index in [1.54, 1.807) is 27.7 Å². The Balaban J connectivity index is 2.38. The molecule has 29 heteroatoms. The molecule has 1 aliphatic heterocycles. The second-order valence-electron chi connectivity index (χ2n) is 19.0. The molecule has 0 aromatic heterocycles. The zero-order valence-corrected chi connectivity index (χ0v) is 43.5. The number of nitrogens with one attached hydrogen (secondary N) is 8. The van der Waals surface area contributed by atoms with Gasteiger partial charge < -0.3 is 86.3 Å². The van der Waals surface area contributed by atoms with Crippen molar-refractivity contribution >= 4 is 76.8 Å². The molecule has 29 nitrogen and oxygen atoms in total. The average Bonchev–Trinajstić information content (AvgIpc) is 3.83. The summed E-state index contributed by atoms with van der Waals surface area (Å²) < 4.78 is 0. The topological polar surface area (TPSA) is 487 Å². The summed E-state index contributed by atoms with van der Waals surface area (Å²) in [5, 5.41) is 39.5. The number of hydrogen-bond acceptors (Lipinski definition) is 15. The molecular weight excluding hydrogens is 999 g/mol. The molecule has 0 aliphatic carbocycles. The van der Waals surface area contributed by atoms with Crippen LogP contribution in [0.3, 0.4) is 0 Å². The van der Waals surface area contributed by atoms with Crippen molar-refractivity contribution in [1.82, 2.24) is 47.4 Å². The molecule has 9 atom stereocenters. The highest BCUT2D eigenvalue weighted by Crippen LogP contribution is 2.22. The fraction of sp³-hybridized carbons (Fsp3) is 0.596. The second-order valence-corrected chi connectivity index (χ2v) is 19.0. The van der Waals surface area contributed by atoms with Gasteiger partial charge in [-0.25, -0.2) is 0 Å². The van der Waals surface area contributed by atoms with E-state index in [-0.39, 0.29) is 56.4 Å². The number of likely N-dealkylation sites (tertiary alicyclic amines) is 1. The summed E-state index contributed by atoms with van der Waals surface area (Å²) in [6.45, 7) is 8.16. The van der Waals surface area contributed by atoms with Crippen LogP contribution >= 0.6 is 0 Å². The van der Waals surface area contributed by atoms with Crippen LogP contribution in [0, 0.1) is 11.8 Å². The number of aliphatic imine (C=N–C) groups is 1. The first-order valence-electron chi connectivity index (χ1n) is 24.6. The normalized spacial score (nSPS) is 16.2. The van der Waals surface area contributed by atoms with Gasteiger partial charge in [0.15, 0.2) is 5.96 Å². The van der Waals surface area contributed by atoms with Crippen LogP contribution in [0.4, 0.5) is 0 Å². The number of phenolic OH excluding ortho intramolecular Hbond substituents is 1. The lowest BCUT2D eigenvalue weighted by Crippen LogP contribution is -2.61. The minimum atomic E-state index is -1.86. The van der Waals surface area contributed by atoms with Gasteiger partial charge in [0.25, 0.3) is 0 Å². The van der Waals surface area contributed by atoms with Crippen LogP contribution in [-0.4, -0.2) is 166 Å². The first-order chi connectivity index (χ1) is 35.6. The van der Waals surface area contributed by atoms with Gasteiger partial charge in [0.05, 0.1) is 13.0 Å². The van der Waals surface area contributed by atoms with E-state index in [1.807, 2.05) is 0 Å². The zero-order valence-electron chi connectivity index (χ0n) is 43.5. The minimum absolute atomic E-state index is 0.0158. The molecule has 0 saturated carbocycles. The van der Waals surface area contributed by atoms with E-state index in [0.29, 0.717) is 12.0 Å². The first-order valence-corrected chi connectivity index (χ1v) is 24.6. The van der Waals surface area contributed by atoms with E-state index in [1.165, 1.54) is 43.0 Å². The third-order valence-electron chi connectivity index (χ3n) is 11.9. The summed E-state index contributed by atoms with van der Waals surface area (Å²) in [6, 6.07) is -7.24. The molecule has 76 heavy (non-hydrogen) atoms. The average molecular weight is 1070 g/mol. The molecular formula is C47H75N15O14. The molecule has 0 radical (unpaired) electrons. The number of primary amides is 3. The summed E-state index contributed by atoms with van der Waals surface area (Å²) in [4.78, 5) is 163. The standard InChI is InChI=1S/C47H75N15O14/c1-22(2)36(38(50)68)60-45(75)37(23(3)4)61-44(74)33-10-8-18-62(33)46(76)31(19-26-11-13-27(65)14-12-26)58-42(72)30(20-35(49)67)57-41(71)29(15-16-34(48)66)56-43(73)32(21-63)59-39(69)24(5)54-40(70)28(55-25(6)64)9-7-17-53-47(51)52/h11-14,22-24,28-33,36-37,63,65H,7-10,15-21H2,1-6H3,(H2,48,66)(H2,49,67)(H2,50,68)(H,54,70)(H,55,64)(H,56,73)(H,57,71)(H,58,72)(H,59,69)(H,60,75)(H,61,74)(H4,51,52,53). The van der Waals surface area contributed by atoms with Gasteiger partial charge in [-0.3, -0.25) is 62.5 Å². The van der Waals surface area contributed by atoms with Crippen molar-refractivity contribution in [2.45, 2.75) is 147 Å². The fourth-order valence-corrected chi connectivity index (χ4v) is 7.84. The lowest BCUT2D eigenvalue weighted by Gasteiger charge is -2.32. The van der Waals surface area contributed by atoms with Gasteiger partial charge >= 0.3 is 0 Å². The van der Waals surface area contributed by atoms with Crippen LogP contribution in [0.5, 0.6) is 5.75 Å². The summed E-state index contributed by atoms with van der Waals surface area (Å²) in [6.07, 6.45) is -1.42. The van der Waals surface area contributed by atoms with Crippen LogP contribution in [0.15, 0.2) is 29.3 Å². The van der Waals surface area contributed by atoms with Crippen LogP contribution < -0.4 is 71.2 Å². The van der Waals surface area contributed by atoms with E-state index in [2.05, 4.69) is 47.5 Å². The van der Waals surface area contributed by atoms with Gasteiger partial charge in [-0.15, -0.1) is 0 Å². The third-order valence-corrected chi connectivity index (χ3v) is 11.9. The van der Waals surface area contributed by atoms with Crippen LogP contribution in [0.2, 0.25) is 0 Å². The smallest absolute Gasteiger partial charge is 0.246 e. The number of hydrogen-bond donors (Lipinski definition) is 15. The molecule has 1 aromatic rings. The van der Waals surface area contributed by atoms with E-state index < -0.39 is 157 Å². The number of aromatic hydroxyl groups is 1. The Kier molecular flexibility index (Phi) is 26.1. The molecule has 20 N–H and O–H groups in total. The van der Waals surface area contributed by atoms with Crippen LogP contribution in [-0.2, 0) is 64.0 Å². The third kappa shape index (κ3) is 21.4. The van der Waals surface area contributed by atoms with Crippen LogP contribution in [0.25, 0.3) is 0 Å². The summed E-state index contributed by atoms with van der Waals surface area (Å²) in [5.74, 6) is -12.1. The monoisotopic (exact) mass is 1070 g/mol. The van der Waals surface area contributed by atoms with Crippen molar-refractivity contribution < 1.29 is 67.7 Å². The second kappa shape index (κ2) is 30.9. The fourth-order valence-electron chi connectivity index (χ4n) is 7.84. The van der Waals surface area contributed by atoms with Gasteiger partial charge in [0.2, 0.25) is 70.9 Å². The molecule has 1 heterocycles. The maximum absolute atomic E-state index is 14.5. The predicted molar refractivity (Wildman–Crippen MR) is 271 cm³/mol. The maximum atomic E-state index is 14.5. The number of guanidine groups is 1. The number of aliphatic hydroxyl groups excluding tert-OH is 1. The van der Waals surface area contributed by atoms with Gasteiger partial charge in [0, 0.05) is 32.9 Å². The molecule has 0 bridgehead atoms. The Morgan fingerprint density at radius 2 is 1.17 bits per heavy atom. The maximum Gasteiger partial charge on any atom is 0.246 e. The number of phenols is 1. The number of nitrogens with two attached hydrogens (primary N) is 5. The van der Waals surface area contributed by atoms with Gasteiger partial charge in [0.1, 0.15) is 60.1 Å². The van der Waals surface area contributed by atoms with E-state index >= 15 is 0 Å². The van der Waals surface area contributed by atoms with Gasteiger partial charge in [-0.05, 0) is 68.6 Å². The van der Waals surface area contributed by atoms with Crippen molar-refractivity contribution in [1.29, 1.82) is 0 Å². The summed E-state index contributed by atoms with van der Waals surface area (Å²) >= 11 is 0. The summed E-state index contributed by atoms with van der Waals surface area (Å²) in [5.41, 5.74) is 27.4. The quantitative estimate of drug-likeness (QED) is 0.0187. The van der Waals surface area contributed by atoms with Crippen molar-refractivity contribution in [3.8, 4) is 5.75 Å². The van der Waals surface area contributed by atoms with Crippen molar-refractivity contribution in [3.63, 3.8) is 0 Å². The van der Waals surface area contributed by atoms with Crippen molar-refractivity contribution in [2.75, 3.05) is 19.7 Å². The molecule has 0 spiro atoms. The number of benzene rings is 1. The number of carbonyl (C=O) groups is 12. The number of nitrogens with zero attached hydrogens (tertiary/aromatic N) is 2. The van der Waals surface area contributed by atoms with E-state index in [9.17, 15) is 67.7 Å². The Morgan fingerprint density at radius 3 is 1.71 bits per heavy atom. The predicted octanol–water partition coefficient (Wildman–Crippen LogP) is -6.17. The minimum Gasteiger partial charge on any atom is -0.508 e. The molecule has 1 saturated heterocycles. The number of carbonyl (C=O) groups excluding carboxylic acids is 12. The molecule has 1 aliphatic rings. The Labute approximate surface area is 439 Å². The number of aliphatic hydroxyl groups is 1. The molecule has 1 fully saturated rings. The highest BCUT2D eigenvalue weighted by molar-refractivity contribution is 6.00. The van der Waals surface area contributed by atoms with Crippen molar-refractivity contribution in [3.05, 3.63) is 29.8 Å². The van der Waals surface area contributed by atoms with Gasteiger partial charge in [-0.1, -0.05) is 39.8 Å². The lowest BCUT2D eigenvalue weighted by atomic mass is 9.99. The first kappa shape index (κ1) is 64.0. The van der Waals surface area contributed by atoms with Crippen molar-refractivity contribution in [2.24, 2.45) is 45.5 Å². The van der Waals surface area contributed by atoms with Crippen LogP contribution in [0.1, 0.15) is 92.1 Å². The molecule has 12 amide bonds. The molecule has 2 rings (SSSR count). The highest BCUT2D eigenvalue weighted by atomic mass is 16.3. The number of amides is 12. The van der Waals surface area contributed by atoms with E-state index in [0.717, 1.165) is 0 Å². The lowest BCUT2D eigenvalue weighted by molar-refractivity contribution is -0.143. The Bertz CT molecular complexity index is 2290. The van der Waals surface area contributed by atoms with E-state index in [4.69, 9.17) is 28.7 Å². The summed E-state index contributed by atoms with van der Waals surface area (Å²) in [7, 11) is 0. The Hall–Kier alpha value is -8.11. The molecule has 422 valence electrons. The number of rotatable bonds is 31. The SMILES string of the molecule is CC(=O)NC(CCCN=C(N)N)C(=O)NC(C)C(=O)NC(CO)C(=O)NC(CCC(N)=O)C(=O)NC(CC(N)=O)C(=O)NC(Cc1ccc(O)cc1)C(=O)N1CCCC1C(=O)NC(C(=O)NC(C(N)=O)C(C)C)C(C)C. The highest BCUT2D eigenvalue weighted by Gasteiger charge is 2.41. The molecule has 9 unspecified atom stereocenters. The Morgan fingerprint density at radius 1 is 0.632 bits per heavy atom. The van der Waals surface area contributed by atoms with Gasteiger partial charge in [-0.2, -0.15) is 0 Å². The molecule has 1 aromatic carbocycles.